The van der Waals surface area contributed by atoms with E-state index in [4.69, 9.17) is 4.74 Å². The number of benzene rings is 2. The number of rotatable bonds is 4. The van der Waals surface area contributed by atoms with Crippen molar-refractivity contribution in [2.24, 2.45) is 0 Å². The molecule has 138 valence electrons. The van der Waals surface area contributed by atoms with Crippen LogP contribution in [0.4, 0.5) is 5.82 Å². The number of carbonyl (C=O) groups is 1. The summed E-state index contributed by atoms with van der Waals surface area (Å²) >= 11 is 0. The Morgan fingerprint density at radius 2 is 1.93 bits per heavy atom. The Morgan fingerprint density at radius 3 is 2.74 bits per heavy atom. The first-order valence-corrected chi connectivity index (χ1v) is 9.14. The number of pyridine rings is 1. The van der Waals surface area contributed by atoms with Gasteiger partial charge in [-0.05, 0) is 25.1 Å². The third-order valence-electron chi connectivity index (χ3n) is 5.10. The van der Waals surface area contributed by atoms with Gasteiger partial charge in [-0.15, -0.1) is 0 Å². The van der Waals surface area contributed by atoms with Crippen molar-refractivity contribution >= 4 is 22.6 Å². The van der Waals surface area contributed by atoms with Crippen molar-refractivity contribution in [2.45, 2.75) is 18.9 Å². The van der Waals surface area contributed by atoms with Gasteiger partial charge >= 0.3 is 0 Å². The molecule has 0 bridgehead atoms. The number of para-hydroxylation sites is 2. The minimum absolute atomic E-state index is 0.0455. The molecule has 5 nitrogen and oxygen atoms in total. The van der Waals surface area contributed by atoms with Crippen LogP contribution in [-0.4, -0.2) is 37.6 Å². The second-order valence-electron chi connectivity index (χ2n) is 7.16. The lowest BCUT2D eigenvalue weighted by Crippen LogP contribution is -2.37. The predicted molar refractivity (Wildman–Crippen MR) is 108 cm³/mol. The van der Waals surface area contributed by atoms with Crippen molar-refractivity contribution < 1.29 is 9.53 Å². The van der Waals surface area contributed by atoms with E-state index in [-0.39, 0.29) is 17.9 Å². The number of aromatic nitrogens is 1. The van der Waals surface area contributed by atoms with Crippen LogP contribution < -0.4 is 15.0 Å². The van der Waals surface area contributed by atoms with E-state index in [9.17, 15) is 4.79 Å². The normalized spacial score (nSPS) is 16.5. The van der Waals surface area contributed by atoms with Crippen LogP contribution in [0.3, 0.4) is 0 Å². The number of nitrogens with one attached hydrogen (secondary N) is 1. The monoisotopic (exact) mass is 361 g/mol. The molecule has 1 N–H and O–H groups in total. The maximum atomic E-state index is 13.1. The van der Waals surface area contributed by atoms with E-state index >= 15 is 0 Å². The molecule has 2 heterocycles. The SMILES string of the molecule is CC(NC(=O)c1cc(N(C)C)nc2ccccc12)C1COc2ccccc21. The summed E-state index contributed by atoms with van der Waals surface area (Å²) in [6.45, 7) is 2.62. The number of ether oxygens (including phenoxy) is 1. The van der Waals surface area contributed by atoms with Gasteiger partial charge in [0.05, 0.1) is 17.7 Å². The van der Waals surface area contributed by atoms with Crippen molar-refractivity contribution in [2.75, 3.05) is 25.6 Å². The Hall–Kier alpha value is -3.08. The lowest BCUT2D eigenvalue weighted by Gasteiger charge is -2.21. The molecule has 27 heavy (non-hydrogen) atoms. The molecular formula is C22H23N3O2. The number of hydrogen-bond acceptors (Lipinski definition) is 4. The number of anilines is 1. The molecule has 1 aliphatic heterocycles. The minimum atomic E-state index is -0.0893. The molecule has 1 amide bonds. The van der Waals surface area contributed by atoms with Gasteiger partial charge in [0.25, 0.3) is 5.91 Å². The first-order valence-electron chi connectivity index (χ1n) is 9.14. The number of nitrogens with zero attached hydrogens (tertiary/aromatic N) is 2. The van der Waals surface area contributed by atoms with Gasteiger partial charge in [0.15, 0.2) is 0 Å². The van der Waals surface area contributed by atoms with E-state index in [0.717, 1.165) is 28.0 Å². The molecule has 0 aliphatic carbocycles. The Kier molecular flexibility index (Phi) is 4.44. The Labute approximate surface area is 159 Å². The molecule has 0 radical (unpaired) electrons. The lowest BCUT2D eigenvalue weighted by atomic mass is 9.94. The van der Waals surface area contributed by atoms with Crippen molar-refractivity contribution in [3.05, 3.63) is 65.7 Å². The zero-order valence-corrected chi connectivity index (χ0v) is 15.8. The molecule has 1 aromatic heterocycles. The van der Waals surface area contributed by atoms with E-state index in [1.807, 2.05) is 74.4 Å². The quantitative estimate of drug-likeness (QED) is 0.771. The van der Waals surface area contributed by atoms with E-state index < -0.39 is 0 Å². The third-order valence-corrected chi connectivity index (χ3v) is 5.10. The molecule has 0 saturated carbocycles. The smallest absolute Gasteiger partial charge is 0.252 e. The fraction of sp³-hybridized carbons (Fsp3) is 0.273. The maximum absolute atomic E-state index is 13.1. The molecular weight excluding hydrogens is 338 g/mol. The fourth-order valence-electron chi connectivity index (χ4n) is 3.56. The second-order valence-corrected chi connectivity index (χ2v) is 7.16. The van der Waals surface area contributed by atoms with Crippen molar-refractivity contribution in [3.8, 4) is 5.75 Å². The van der Waals surface area contributed by atoms with E-state index in [1.165, 1.54) is 0 Å². The van der Waals surface area contributed by atoms with Gasteiger partial charge < -0.3 is 15.0 Å². The zero-order valence-electron chi connectivity index (χ0n) is 15.8. The first-order chi connectivity index (χ1) is 13.0. The Morgan fingerprint density at radius 1 is 1.19 bits per heavy atom. The van der Waals surface area contributed by atoms with Gasteiger partial charge in [-0.3, -0.25) is 4.79 Å². The van der Waals surface area contributed by atoms with Gasteiger partial charge in [0, 0.05) is 37.0 Å². The number of carbonyl (C=O) groups excluding carboxylic acids is 1. The summed E-state index contributed by atoms with van der Waals surface area (Å²) < 4.78 is 5.77. The largest absolute Gasteiger partial charge is 0.493 e. The van der Waals surface area contributed by atoms with E-state index in [2.05, 4.69) is 16.4 Å². The first kappa shape index (κ1) is 17.3. The van der Waals surface area contributed by atoms with Gasteiger partial charge in [-0.1, -0.05) is 36.4 Å². The van der Waals surface area contributed by atoms with Crippen LogP contribution in [0.25, 0.3) is 10.9 Å². The average molecular weight is 361 g/mol. The Balaban J connectivity index is 1.64. The fourth-order valence-corrected chi connectivity index (χ4v) is 3.56. The molecule has 1 aliphatic rings. The summed E-state index contributed by atoms with van der Waals surface area (Å²) in [6, 6.07) is 17.6. The molecule has 0 spiro atoms. The summed E-state index contributed by atoms with van der Waals surface area (Å²) in [4.78, 5) is 19.7. The number of hydrogen-bond donors (Lipinski definition) is 1. The van der Waals surface area contributed by atoms with Crippen molar-refractivity contribution in [1.29, 1.82) is 0 Å². The number of fused-ring (bicyclic) bond motifs is 2. The highest BCUT2D eigenvalue weighted by Crippen LogP contribution is 2.35. The van der Waals surface area contributed by atoms with Crippen LogP contribution in [0.15, 0.2) is 54.6 Å². The highest BCUT2D eigenvalue weighted by atomic mass is 16.5. The molecule has 2 unspecified atom stereocenters. The van der Waals surface area contributed by atoms with E-state index in [0.29, 0.717) is 12.2 Å². The van der Waals surface area contributed by atoms with Crippen LogP contribution in [0.2, 0.25) is 0 Å². The van der Waals surface area contributed by atoms with Gasteiger partial charge in [-0.2, -0.15) is 0 Å². The topological polar surface area (TPSA) is 54.5 Å². The molecule has 0 fully saturated rings. The van der Waals surface area contributed by atoms with Crippen LogP contribution in [0.1, 0.15) is 28.8 Å². The van der Waals surface area contributed by atoms with Crippen LogP contribution in [-0.2, 0) is 0 Å². The summed E-state index contributed by atoms with van der Waals surface area (Å²) in [6.07, 6.45) is 0. The molecule has 3 aromatic rings. The molecule has 5 heteroatoms. The van der Waals surface area contributed by atoms with Gasteiger partial charge in [-0.25, -0.2) is 4.98 Å². The van der Waals surface area contributed by atoms with Crippen LogP contribution in [0.5, 0.6) is 5.75 Å². The van der Waals surface area contributed by atoms with Crippen LogP contribution in [0, 0.1) is 0 Å². The Bertz CT molecular complexity index is 1000. The highest BCUT2D eigenvalue weighted by Gasteiger charge is 2.30. The summed E-state index contributed by atoms with van der Waals surface area (Å²) in [5, 5.41) is 4.03. The van der Waals surface area contributed by atoms with Gasteiger partial charge in [0.2, 0.25) is 0 Å². The minimum Gasteiger partial charge on any atom is -0.493 e. The molecule has 0 saturated heterocycles. The predicted octanol–water partition coefficient (Wildman–Crippen LogP) is 3.60. The van der Waals surface area contributed by atoms with Crippen molar-refractivity contribution in [1.82, 2.24) is 10.3 Å². The highest BCUT2D eigenvalue weighted by molar-refractivity contribution is 6.07. The summed E-state index contributed by atoms with van der Waals surface area (Å²) in [5.41, 5.74) is 2.61. The van der Waals surface area contributed by atoms with E-state index in [1.54, 1.807) is 0 Å². The number of amides is 1. The summed E-state index contributed by atoms with van der Waals surface area (Å²) in [7, 11) is 3.85. The third kappa shape index (κ3) is 3.21. The molecule has 4 rings (SSSR count). The second kappa shape index (κ2) is 6.91. The standard InChI is InChI=1S/C22H23N3O2/c1-14(18-13-27-20-11-7-5-9-16(18)20)23-22(26)17-12-21(25(2)3)24-19-10-6-4-8-15(17)19/h4-12,14,18H,13H2,1-3H3,(H,23,26). The van der Waals surface area contributed by atoms with Crippen LogP contribution >= 0.6 is 0 Å². The average Bonchev–Trinajstić information content (AvgIpc) is 3.11. The zero-order chi connectivity index (χ0) is 19.0. The molecule has 2 atom stereocenters. The lowest BCUT2D eigenvalue weighted by molar-refractivity contribution is 0.0934. The van der Waals surface area contributed by atoms with Crippen molar-refractivity contribution in [3.63, 3.8) is 0 Å². The maximum Gasteiger partial charge on any atom is 0.252 e. The summed E-state index contributed by atoms with van der Waals surface area (Å²) in [5.74, 6) is 1.73. The van der Waals surface area contributed by atoms with Gasteiger partial charge in [0.1, 0.15) is 11.6 Å². The molecule has 2 aromatic carbocycles.